The third-order valence-electron chi connectivity index (χ3n) is 4.85. The molecule has 0 atom stereocenters. The largest absolute Gasteiger partial charge is 0.451 e. The van der Waals surface area contributed by atoms with E-state index in [0.717, 1.165) is 50.2 Å². The van der Waals surface area contributed by atoms with E-state index in [-0.39, 0.29) is 17.5 Å². The van der Waals surface area contributed by atoms with Crippen LogP contribution in [-0.4, -0.2) is 32.1 Å². The van der Waals surface area contributed by atoms with E-state index in [1.54, 1.807) is 24.3 Å². The van der Waals surface area contributed by atoms with Crippen molar-refractivity contribution >= 4 is 22.7 Å². The highest BCUT2D eigenvalue weighted by molar-refractivity contribution is 6.02. The lowest BCUT2D eigenvalue weighted by molar-refractivity contribution is 0.0996. The lowest BCUT2D eigenvalue weighted by atomic mass is 9.99. The summed E-state index contributed by atoms with van der Waals surface area (Å²) >= 11 is 0. The maximum Gasteiger partial charge on any atom is 0.291 e. The molecule has 0 fully saturated rings. The molecule has 0 saturated heterocycles. The molecule has 3 heterocycles. The summed E-state index contributed by atoms with van der Waals surface area (Å²) in [6.45, 7) is 3.29. The summed E-state index contributed by atoms with van der Waals surface area (Å²) in [4.78, 5) is 12.4. The van der Waals surface area contributed by atoms with Crippen LogP contribution in [0.3, 0.4) is 0 Å². The van der Waals surface area contributed by atoms with Crippen LogP contribution in [-0.2, 0) is 0 Å². The van der Waals surface area contributed by atoms with Gasteiger partial charge in [-0.25, -0.2) is 4.39 Å². The van der Waals surface area contributed by atoms with Crippen molar-refractivity contribution < 1.29 is 13.6 Å². The molecular weight excluding hydrogens is 345 g/mol. The van der Waals surface area contributed by atoms with Gasteiger partial charge in [0.1, 0.15) is 11.6 Å². The zero-order valence-corrected chi connectivity index (χ0v) is 15.0. The number of rotatable bonds is 4. The monoisotopic (exact) mass is 367 g/mol. The highest BCUT2D eigenvalue weighted by Gasteiger charge is 2.16. The minimum absolute atomic E-state index is 0.218. The fraction of sp³-hybridized carbons (Fsp3) is 0.286. The van der Waals surface area contributed by atoms with Crippen LogP contribution in [0.25, 0.3) is 11.1 Å². The molecule has 0 unspecified atom stereocenters. The molecule has 0 radical (unpaired) electrons. The number of carbonyl (C=O) groups excluding carboxylic acids is 1. The Labute approximate surface area is 157 Å². The summed E-state index contributed by atoms with van der Waals surface area (Å²) in [7, 11) is 0. The number of hydrogen-bond donors (Lipinski definition) is 3. The second kappa shape index (κ2) is 7.90. The van der Waals surface area contributed by atoms with Gasteiger partial charge in [0, 0.05) is 24.3 Å². The van der Waals surface area contributed by atoms with Gasteiger partial charge in [0.2, 0.25) is 0 Å². The van der Waals surface area contributed by atoms with E-state index in [9.17, 15) is 9.18 Å². The third-order valence-corrected chi connectivity index (χ3v) is 4.85. The van der Waals surface area contributed by atoms with Crippen molar-refractivity contribution in [1.29, 1.82) is 0 Å². The Morgan fingerprint density at radius 2 is 1.74 bits per heavy atom. The van der Waals surface area contributed by atoms with Gasteiger partial charge in [-0.15, -0.1) is 0 Å². The van der Waals surface area contributed by atoms with E-state index in [1.807, 2.05) is 6.08 Å². The lowest BCUT2D eigenvalue weighted by Gasteiger charge is -2.15. The molecule has 0 saturated carbocycles. The fourth-order valence-corrected chi connectivity index (χ4v) is 3.39. The van der Waals surface area contributed by atoms with Gasteiger partial charge >= 0.3 is 0 Å². The maximum absolute atomic E-state index is 14.5. The van der Waals surface area contributed by atoms with Crippen molar-refractivity contribution in [3.8, 4) is 0 Å². The summed E-state index contributed by atoms with van der Waals surface area (Å²) in [5.41, 5.74) is 3.09. The minimum Gasteiger partial charge on any atom is -0.451 e. The molecule has 3 N–H and O–H groups in total. The number of furan rings is 1. The van der Waals surface area contributed by atoms with Crippen molar-refractivity contribution in [3.63, 3.8) is 0 Å². The first-order valence-corrected chi connectivity index (χ1v) is 9.22. The van der Waals surface area contributed by atoms with Gasteiger partial charge in [-0.2, -0.15) is 0 Å². The Morgan fingerprint density at radius 3 is 2.41 bits per heavy atom. The van der Waals surface area contributed by atoms with Crippen LogP contribution in [0.4, 0.5) is 10.1 Å². The molecule has 1 amide bonds. The van der Waals surface area contributed by atoms with E-state index in [0.29, 0.717) is 17.0 Å². The van der Waals surface area contributed by atoms with Crippen LogP contribution in [0, 0.1) is 5.82 Å². The molecule has 0 spiro atoms. The molecule has 2 aliphatic heterocycles. The molecule has 5 nitrogen and oxygen atoms in total. The van der Waals surface area contributed by atoms with Crippen molar-refractivity contribution in [1.82, 2.24) is 10.6 Å². The smallest absolute Gasteiger partial charge is 0.291 e. The van der Waals surface area contributed by atoms with Crippen molar-refractivity contribution in [2.75, 3.05) is 31.5 Å². The topological polar surface area (TPSA) is 66.3 Å². The van der Waals surface area contributed by atoms with Crippen molar-refractivity contribution in [2.45, 2.75) is 12.8 Å². The maximum atomic E-state index is 14.5. The van der Waals surface area contributed by atoms with E-state index in [1.165, 1.54) is 6.07 Å². The van der Waals surface area contributed by atoms with Gasteiger partial charge in [0.05, 0.1) is 0 Å². The molecule has 0 bridgehead atoms. The summed E-state index contributed by atoms with van der Waals surface area (Å²) in [5, 5.41) is 9.16. The molecule has 0 aliphatic carbocycles. The first-order valence-electron chi connectivity index (χ1n) is 9.22. The van der Waals surface area contributed by atoms with Crippen LogP contribution < -0.4 is 16.0 Å². The number of benzene rings is 1. The Bertz CT molecular complexity index is 914. The molecule has 27 heavy (non-hydrogen) atoms. The van der Waals surface area contributed by atoms with E-state index in [2.05, 4.69) is 22.0 Å². The average Bonchev–Trinajstić information content (AvgIpc) is 3.20. The molecular formula is C21H22FN3O2. The Balaban J connectivity index is 1.46. The lowest BCUT2D eigenvalue weighted by Crippen LogP contribution is -2.20. The van der Waals surface area contributed by atoms with Gasteiger partial charge in [0.25, 0.3) is 5.91 Å². The highest BCUT2D eigenvalue weighted by Crippen LogP contribution is 2.26. The van der Waals surface area contributed by atoms with E-state index < -0.39 is 0 Å². The molecule has 6 heteroatoms. The van der Waals surface area contributed by atoms with Gasteiger partial charge in [0.15, 0.2) is 5.76 Å². The second-order valence-electron chi connectivity index (χ2n) is 6.68. The molecule has 2 aliphatic rings. The summed E-state index contributed by atoms with van der Waals surface area (Å²) < 4.78 is 20.2. The van der Waals surface area contributed by atoms with Crippen LogP contribution in [0.2, 0.25) is 0 Å². The van der Waals surface area contributed by atoms with Gasteiger partial charge in [-0.05, 0) is 67.4 Å². The minimum atomic E-state index is -0.385. The van der Waals surface area contributed by atoms with Crippen molar-refractivity contribution in [2.24, 2.45) is 0 Å². The van der Waals surface area contributed by atoms with Crippen LogP contribution in [0.1, 0.15) is 34.7 Å². The van der Waals surface area contributed by atoms with E-state index >= 15 is 0 Å². The van der Waals surface area contributed by atoms with Gasteiger partial charge < -0.3 is 20.4 Å². The zero-order valence-electron chi connectivity index (χ0n) is 15.0. The van der Waals surface area contributed by atoms with Gasteiger partial charge in [-0.3, -0.25) is 4.79 Å². The molecule has 140 valence electrons. The number of hydrogen-bond acceptors (Lipinski definition) is 4. The van der Waals surface area contributed by atoms with Crippen LogP contribution in [0.5, 0.6) is 0 Å². The average molecular weight is 367 g/mol. The quantitative estimate of drug-likeness (QED) is 0.775. The summed E-state index contributed by atoms with van der Waals surface area (Å²) in [6, 6.07) is 8.25. The normalized spacial score (nSPS) is 17.2. The Hall–Kier alpha value is -2.70. The number of nitrogens with one attached hydrogen (secondary N) is 3. The van der Waals surface area contributed by atoms with Crippen molar-refractivity contribution in [3.05, 3.63) is 65.4 Å². The summed E-state index contributed by atoms with van der Waals surface area (Å²) in [5.74, 6) is 0.209. The molecule has 1 aromatic carbocycles. The first-order chi connectivity index (χ1) is 13.2. The predicted octanol–water partition coefficient (Wildman–Crippen LogP) is 3.42. The molecule has 1 aromatic heterocycles. The first kappa shape index (κ1) is 17.7. The Morgan fingerprint density at radius 1 is 1.00 bits per heavy atom. The number of carbonyl (C=O) groups is 1. The van der Waals surface area contributed by atoms with E-state index in [4.69, 9.17) is 4.42 Å². The Kier molecular flexibility index (Phi) is 5.18. The molecule has 4 rings (SSSR count). The number of amides is 1. The standard InChI is InChI=1S/C21H22FN3O2/c22-18-13-16(1-2-17(18)14-5-9-23-10-6-14)25-21(26)20-4-3-19(27-20)15-7-11-24-12-8-15/h1-5,7,13,23-24H,6,8-12H2,(H,25,26). The third kappa shape index (κ3) is 4.02. The van der Waals surface area contributed by atoms with Gasteiger partial charge in [-0.1, -0.05) is 12.2 Å². The second-order valence-corrected chi connectivity index (χ2v) is 6.68. The number of anilines is 1. The SMILES string of the molecule is O=C(Nc1ccc(C2=CCNCC2)c(F)c1)c1ccc(C2=CCNCC2)o1. The zero-order chi connectivity index (χ0) is 18.6. The highest BCUT2D eigenvalue weighted by atomic mass is 19.1. The van der Waals surface area contributed by atoms with Crippen LogP contribution >= 0.6 is 0 Å². The summed E-state index contributed by atoms with van der Waals surface area (Å²) in [6.07, 6.45) is 5.73. The molecule has 2 aromatic rings. The van der Waals surface area contributed by atoms with Crippen LogP contribution in [0.15, 0.2) is 46.9 Å². The number of halogens is 1. The predicted molar refractivity (Wildman–Crippen MR) is 104 cm³/mol. The fourth-order valence-electron chi connectivity index (χ4n) is 3.39.